The van der Waals surface area contributed by atoms with E-state index in [9.17, 15) is 18.0 Å². The first-order valence-electron chi connectivity index (χ1n) is 6.15. The van der Waals surface area contributed by atoms with Gasteiger partial charge in [-0.25, -0.2) is 12.7 Å². The van der Waals surface area contributed by atoms with Crippen molar-refractivity contribution in [3.8, 4) is 0 Å². The number of nitrogens with zero attached hydrogens (tertiary/aromatic N) is 2. The van der Waals surface area contributed by atoms with Crippen molar-refractivity contribution in [2.24, 2.45) is 7.05 Å². The lowest BCUT2D eigenvalue weighted by atomic mass is 10.4. The van der Waals surface area contributed by atoms with Crippen LogP contribution in [0.1, 0.15) is 16.9 Å². The van der Waals surface area contributed by atoms with E-state index in [2.05, 4.69) is 10.1 Å². The SMILES string of the molecule is CNC(=O)c1cc(S(=O)(=O)N(C)CCC(=O)OC)cn1C. The zero-order chi connectivity index (χ0) is 16.2. The molecule has 0 unspecified atom stereocenters. The summed E-state index contributed by atoms with van der Waals surface area (Å²) in [5, 5.41) is 2.43. The van der Waals surface area contributed by atoms with Crippen LogP contribution in [0.25, 0.3) is 0 Å². The van der Waals surface area contributed by atoms with Gasteiger partial charge in [0.25, 0.3) is 5.91 Å². The summed E-state index contributed by atoms with van der Waals surface area (Å²) in [6.07, 6.45) is 1.32. The van der Waals surface area contributed by atoms with Gasteiger partial charge in [-0.15, -0.1) is 0 Å². The largest absolute Gasteiger partial charge is 0.469 e. The van der Waals surface area contributed by atoms with E-state index in [1.807, 2.05) is 0 Å². The number of ether oxygens (including phenoxy) is 1. The van der Waals surface area contributed by atoms with Gasteiger partial charge >= 0.3 is 5.97 Å². The fraction of sp³-hybridized carbons (Fsp3) is 0.500. The lowest BCUT2D eigenvalue weighted by Crippen LogP contribution is -2.29. The predicted molar refractivity (Wildman–Crippen MR) is 75.3 cm³/mol. The van der Waals surface area contributed by atoms with E-state index in [1.54, 1.807) is 7.05 Å². The molecule has 0 aromatic carbocycles. The molecule has 0 bridgehead atoms. The van der Waals surface area contributed by atoms with Crippen LogP contribution in [0.2, 0.25) is 0 Å². The molecule has 0 spiro atoms. The molecular formula is C12H19N3O5S. The van der Waals surface area contributed by atoms with Gasteiger partial charge in [-0.05, 0) is 6.07 Å². The van der Waals surface area contributed by atoms with Gasteiger partial charge in [0.05, 0.1) is 13.5 Å². The molecule has 118 valence electrons. The fourth-order valence-electron chi connectivity index (χ4n) is 1.68. The number of nitrogens with one attached hydrogen (secondary N) is 1. The quantitative estimate of drug-likeness (QED) is 0.718. The molecule has 0 saturated heterocycles. The number of methoxy groups -OCH3 is 1. The van der Waals surface area contributed by atoms with E-state index < -0.39 is 16.0 Å². The number of hydrogen-bond acceptors (Lipinski definition) is 5. The van der Waals surface area contributed by atoms with Crippen LogP contribution in [-0.2, 0) is 26.6 Å². The average Bonchev–Trinajstić information content (AvgIpc) is 2.85. The van der Waals surface area contributed by atoms with Crippen LogP contribution >= 0.6 is 0 Å². The molecule has 21 heavy (non-hydrogen) atoms. The first-order chi connectivity index (χ1) is 9.73. The summed E-state index contributed by atoms with van der Waals surface area (Å²) in [7, 11) is 1.89. The van der Waals surface area contributed by atoms with Crippen molar-refractivity contribution in [3.63, 3.8) is 0 Å². The van der Waals surface area contributed by atoms with E-state index in [-0.39, 0.29) is 29.5 Å². The number of carbonyl (C=O) groups is 2. The molecule has 0 atom stereocenters. The first-order valence-corrected chi connectivity index (χ1v) is 7.59. The van der Waals surface area contributed by atoms with Gasteiger partial charge in [0, 0.05) is 33.9 Å². The van der Waals surface area contributed by atoms with Crippen LogP contribution in [-0.4, -0.2) is 56.9 Å². The van der Waals surface area contributed by atoms with Crippen LogP contribution in [0.5, 0.6) is 0 Å². The van der Waals surface area contributed by atoms with Gasteiger partial charge < -0.3 is 14.6 Å². The maximum atomic E-state index is 12.3. The van der Waals surface area contributed by atoms with Gasteiger partial charge in [-0.3, -0.25) is 9.59 Å². The minimum atomic E-state index is -3.76. The third kappa shape index (κ3) is 3.82. The summed E-state index contributed by atoms with van der Waals surface area (Å²) in [5.74, 6) is -0.868. The van der Waals surface area contributed by atoms with E-state index in [1.165, 1.54) is 38.0 Å². The molecule has 1 heterocycles. The summed E-state index contributed by atoms with van der Waals surface area (Å²) in [5.41, 5.74) is 0.234. The Kier molecular flexibility index (Phi) is 5.50. The van der Waals surface area contributed by atoms with Gasteiger partial charge in [0.2, 0.25) is 10.0 Å². The van der Waals surface area contributed by atoms with Crippen LogP contribution in [0.4, 0.5) is 0 Å². The molecule has 0 radical (unpaired) electrons. The molecule has 1 aromatic heterocycles. The van der Waals surface area contributed by atoms with E-state index in [4.69, 9.17) is 0 Å². The van der Waals surface area contributed by atoms with Crippen LogP contribution in [0.3, 0.4) is 0 Å². The first kappa shape index (κ1) is 17.2. The molecule has 8 nitrogen and oxygen atoms in total. The summed E-state index contributed by atoms with van der Waals surface area (Å²) in [4.78, 5) is 22.7. The minimum absolute atomic E-state index is 0.000785. The molecule has 0 aliphatic carbocycles. The molecule has 1 aromatic rings. The number of sulfonamides is 1. The average molecular weight is 317 g/mol. The van der Waals surface area contributed by atoms with E-state index >= 15 is 0 Å². The summed E-state index contributed by atoms with van der Waals surface area (Å²) < 4.78 is 31.6. The van der Waals surface area contributed by atoms with Crippen LogP contribution in [0.15, 0.2) is 17.2 Å². The van der Waals surface area contributed by atoms with E-state index in [0.717, 1.165) is 4.31 Å². The third-order valence-electron chi connectivity index (χ3n) is 3.01. The van der Waals surface area contributed by atoms with Crippen molar-refractivity contribution in [2.45, 2.75) is 11.3 Å². The molecule has 0 fully saturated rings. The molecule has 0 saturated carbocycles. The molecule has 9 heteroatoms. The Balaban J connectivity index is 2.97. The van der Waals surface area contributed by atoms with Crippen molar-refractivity contribution in [1.29, 1.82) is 0 Å². The Labute approximate surface area is 123 Å². The monoisotopic (exact) mass is 317 g/mol. The second-order valence-corrected chi connectivity index (χ2v) is 6.45. The maximum absolute atomic E-state index is 12.3. The molecule has 1 N–H and O–H groups in total. The summed E-state index contributed by atoms with van der Waals surface area (Å²) >= 11 is 0. The number of hydrogen-bond donors (Lipinski definition) is 1. The van der Waals surface area contributed by atoms with Crippen molar-refractivity contribution >= 4 is 21.9 Å². The zero-order valence-electron chi connectivity index (χ0n) is 12.4. The van der Waals surface area contributed by atoms with Gasteiger partial charge in [0.15, 0.2) is 0 Å². The minimum Gasteiger partial charge on any atom is -0.469 e. The molecule has 1 rings (SSSR count). The normalized spacial score (nSPS) is 11.5. The molecule has 0 aliphatic rings. The molecular weight excluding hydrogens is 298 g/mol. The number of amides is 1. The number of rotatable bonds is 6. The lowest BCUT2D eigenvalue weighted by molar-refractivity contribution is -0.140. The molecule has 1 amide bonds. The standard InChI is InChI=1S/C12H19N3O5S/c1-13-12(17)10-7-9(8-14(10)2)21(18,19)15(3)6-5-11(16)20-4/h7-8H,5-6H2,1-4H3,(H,13,17). The van der Waals surface area contributed by atoms with Crippen molar-refractivity contribution in [2.75, 3.05) is 27.7 Å². The second kappa shape index (κ2) is 6.72. The summed E-state index contributed by atoms with van der Waals surface area (Å²) in [6, 6.07) is 1.29. The highest BCUT2D eigenvalue weighted by Gasteiger charge is 2.25. The lowest BCUT2D eigenvalue weighted by Gasteiger charge is -2.15. The number of aromatic nitrogens is 1. The Hall–Kier alpha value is -1.87. The zero-order valence-corrected chi connectivity index (χ0v) is 13.2. The smallest absolute Gasteiger partial charge is 0.306 e. The molecule has 0 aliphatic heterocycles. The third-order valence-corrected chi connectivity index (χ3v) is 4.83. The summed E-state index contributed by atoms with van der Waals surface area (Å²) in [6.45, 7) is -0.000785. The Morgan fingerprint density at radius 1 is 1.43 bits per heavy atom. The fourth-order valence-corrected chi connectivity index (χ4v) is 2.92. The predicted octanol–water partition coefficient (Wildman–Crippen LogP) is -0.432. The number of esters is 1. The van der Waals surface area contributed by atoms with Crippen molar-refractivity contribution in [3.05, 3.63) is 18.0 Å². The van der Waals surface area contributed by atoms with Crippen molar-refractivity contribution < 1.29 is 22.7 Å². The second-order valence-electron chi connectivity index (χ2n) is 4.40. The highest BCUT2D eigenvalue weighted by molar-refractivity contribution is 7.89. The topological polar surface area (TPSA) is 97.7 Å². The Morgan fingerprint density at radius 3 is 2.57 bits per heavy atom. The number of aryl methyl sites for hydroxylation is 1. The van der Waals surface area contributed by atoms with Gasteiger partial charge in [-0.1, -0.05) is 0 Å². The van der Waals surface area contributed by atoms with Crippen LogP contribution < -0.4 is 5.32 Å². The Morgan fingerprint density at radius 2 is 2.05 bits per heavy atom. The number of carbonyl (C=O) groups excluding carboxylic acids is 2. The highest BCUT2D eigenvalue weighted by Crippen LogP contribution is 2.17. The van der Waals surface area contributed by atoms with Crippen LogP contribution in [0, 0.1) is 0 Å². The van der Waals surface area contributed by atoms with Gasteiger partial charge in [0.1, 0.15) is 10.6 Å². The maximum Gasteiger partial charge on any atom is 0.306 e. The Bertz CT molecular complexity index is 635. The van der Waals surface area contributed by atoms with Crippen molar-refractivity contribution in [1.82, 2.24) is 14.2 Å². The van der Waals surface area contributed by atoms with Gasteiger partial charge in [-0.2, -0.15) is 0 Å². The highest BCUT2D eigenvalue weighted by atomic mass is 32.2. The van der Waals surface area contributed by atoms with E-state index in [0.29, 0.717) is 0 Å².